The van der Waals surface area contributed by atoms with Crippen molar-refractivity contribution in [3.63, 3.8) is 0 Å². The molecule has 53 heavy (non-hydrogen) atoms. The molecule has 11 rings (SSSR count). The number of rotatable bonds is 5. The summed E-state index contributed by atoms with van der Waals surface area (Å²) in [5.41, 5.74) is 9.90. The van der Waals surface area contributed by atoms with Crippen LogP contribution in [0.5, 0.6) is 0 Å². The van der Waals surface area contributed by atoms with Crippen LogP contribution in [0.25, 0.3) is 85.9 Å². The zero-order valence-electron chi connectivity index (χ0n) is 28.7. The number of nitrogens with zero attached hydrogens (tertiary/aromatic N) is 1. The Balaban J connectivity index is 1.16. The molecular formula is C50H31NOS. The van der Waals surface area contributed by atoms with Crippen LogP contribution in [0.1, 0.15) is 0 Å². The van der Waals surface area contributed by atoms with E-state index in [-0.39, 0.29) is 0 Å². The molecule has 248 valence electrons. The molecule has 0 aliphatic heterocycles. The van der Waals surface area contributed by atoms with Crippen molar-refractivity contribution in [1.29, 1.82) is 0 Å². The largest absolute Gasteiger partial charge is 0.455 e. The molecule has 0 spiro atoms. The van der Waals surface area contributed by atoms with Crippen molar-refractivity contribution < 1.29 is 4.42 Å². The lowest BCUT2D eigenvalue weighted by Crippen LogP contribution is -2.11. The molecule has 0 bridgehead atoms. The molecule has 9 aromatic carbocycles. The Hall–Kier alpha value is -6.68. The fourth-order valence-electron chi connectivity index (χ4n) is 8.26. The number of benzene rings is 9. The van der Waals surface area contributed by atoms with Gasteiger partial charge in [0.2, 0.25) is 0 Å². The van der Waals surface area contributed by atoms with Crippen LogP contribution in [0.4, 0.5) is 17.1 Å². The maximum Gasteiger partial charge on any atom is 0.143 e. The summed E-state index contributed by atoms with van der Waals surface area (Å²) in [6.45, 7) is 0. The van der Waals surface area contributed by atoms with Crippen molar-refractivity contribution in [1.82, 2.24) is 0 Å². The molecule has 2 nitrogen and oxygen atoms in total. The normalized spacial score (nSPS) is 11.8. The molecule has 0 unspecified atom stereocenters. The van der Waals surface area contributed by atoms with Crippen molar-refractivity contribution in [3.8, 4) is 22.3 Å². The number of anilines is 3. The van der Waals surface area contributed by atoms with Crippen molar-refractivity contribution in [2.75, 3.05) is 4.90 Å². The Morgan fingerprint density at radius 1 is 0.396 bits per heavy atom. The number of hydrogen-bond acceptors (Lipinski definition) is 3. The molecule has 0 aliphatic carbocycles. The molecule has 0 radical (unpaired) electrons. The highest BCUT2D eigenvalue weighted by Crippen LogP contribution is 2.49. The Morgan fingerprint density at radius 2 is 1.02 bits per heavy atom. The predicted octanol–water partition coefficient (Wildman–Crippen LogP) is 15.1. The van der Waals surface area contributed by atoms with E-state index in [1.807, 2.05) is 11.3 Å². The monoisotopic (exact) mass is 693 g/mol. The Morgan fingerprint density at radius 3 is 1.91 bits per heavy atom. The third-order valence-corrected chi connectivity index (χ3v) is 11.9. The van der Waals surface area contributed by atoms with Gasteiger partial charge in [0.05, 0.1) is 16.1 Å². The van der Waals surface area contributed by atoms with Crippen LogP contribution in [-0.2, 0) is 0 Å². The predicted molar refractivity (Wildman–Crippen MR) is 227 cm³/mol. The molecule has 0 saturated carbocycles. The van der Waals surface area contributed by atoms with Crippen LogP contribution >= 0.6 is 11.3 Å². The summed E-state index contributed by atoms with van der Waals surface area (Å²) in [4.78, 5) is 2.45. The van der Waals surface area contributed by atoms with Crippen molar-refractivity contribution in [2.45, 2.75) is 0 Å². The second kappa shape index (κ2) is 11.9. The second-order valence-corrected chi connectivity index (χ2v) is 14.7. The average molecular weight is 694 g/mol. The van der Waals surface area contributed by atoms with Gasteiger partial charge in [-0.25, -0.2) is 0 Å². The summed E-state index contributed by atoms with van der Waals surface area (Å²) in [6.07, 6.45) is 0. The van der Waals surface area contributed by atoms with Crippen molar-refractivity contribution in [3.05, 3.63) is 188 Å². The first-order chi connectivity index (χ1) is 26.3. The van der Waals surface area contributed by atoms with Gasteiger partial charge in [-0.3, -0.25) is 0 Å². The zero-order chi connectivity index (χ0) is 34.9. The molecule has 2 heterocycles. The molecule has 0 aliphatic rings. The maximum absolute atomic E-state index is 6.66. The smallest absolute Gasteiger partial charge is 0.143 e. The van der Waals surface area contributed by atoms with Crippen LogP contribution in [-0.4, -0.2) is 0 Å². The lowest BCUT2D eigenvalue weighted by Gasteiger charge is -2.28. The van der Waals surface area contributed by atoms with Gasteiger partial charge in [0, 0.05) is 42.9 Å². The number of fused-ring (bicyclic) bond motifs is 9. The molecule has 0 fully saturated rings. The van der Waals surface area contributed by atoms with Crippen LogP contribution in [0, 0.1) is 0 Å². The first kappa shape index (κ1) is 30.0. The molecule has 2 aromatic heterocycles. The van der Waals surface area contributed by atoms with Gasteiger partial charge in [-0.1, -0.05) is 146 Å². The van der Waals surface area contributed by atoms with Crippen molar-refractivity contribution in [2.24, 2.45) is 0 Å². The van der Waals surface area contributed by atoms with Gasteiger partial charge >= 0.3 is 0 Å². The van der Waals surface area contributed by atoms with Gasteiger partial charge in [-0.05, 0) is 75.3 Å². The van der Waals surface area contributed by atoms with E-state index in [0.29, 0.717) is 0 Å². The highest BCUT2D eigenvalue weighted by Gasteiger charge is 2.23. The standard InChI is InChI=1S/C50H31NOS/c1-3-15-36-32(12-1)14-9-19-37(36)34-26-29-35(30-27-34)51(45-23-10-21-42-40-18-6-8-25-47(40)53-50(42)45)44-22-7-5-17-39(44)41-20-11-24-46-48(41)43-31-28-33-13-2-4-16-38(33)49(43)52-46/h1-31H. The minimum absolute atomic E-state index is 0.890. The van der Waals surface area contributed by atoms with Crippen LogP contribution < -0.4 is 4.90 Å². The van der Waals surface area contributed by atoms with E-state index in [2.05, 4.69) is 193 Å². The van der Waals surface area contributed by atoms with E-state index in [1.165, 1.54) is 47.5 Å². The zero-order valence-corrected chi connectivity index (χ0v) is 29.5. The molecule has 0 amide bonds. The third-order valence-electron chi connectivity index (χ3n) is 10.7. The summed E-state index contributed by atoms with van der Waals surface area (Å²) in [5, 5.41) is 9.63. The minimum atomic E-state index is 0.890. The van der Waals surface area contributed by atoms with Gasteiger partial charge < -0.3 is 9.32 Å². The van der Waals surface area contributed by atoms with Gasteiger partial charge in [0.25, 0.3) is 0 Å². The molecule has 0 N–H and O–H groups in total. The fraction of sp³-hybridized carbons (Fsp3) is 0. The van der Waals surface area contributed by atoms with E-state index < -0.39 is 0 Å². The van der Waals surface area contributed by atoms with E-state index in [0.717, 1.165) is 55.5 Å². The van der Waals surface area contributed by atoms with E-state index in [9.17, 15) is 0 Å². The number of para-hydroxylation sites is 1. The Labute approximate surface area is 310 Å². The van der Waals surface area contributed by atoms with Crippen LogP contribution in [0.15, 0.2) is 192 Å². The summed E-state index contributed by atoms with van der Waals surface area (Å²) < 4.78 is 9.21. The van der Waals surface area contributed by atoms with Crippen LogP contribution in [0.3, 0.4) is 0 Å². The molecule has 11 aromatic rings. The van der Waals surface area contributed by atoms with E-state index in [4.69, 9.17) is 4.42 Å². The van der Waals surface area contributed by atoms with Crippen LogP contribution in [0.2, 0.25) is 0 Å². The lowest BCUT2D eigenvalue weighted by molar-refractivity contribution is 0.673. The van der Waals surface area contributed by atoms with E-state index in [1.54, 1.807) is 0 Å². The Kier molecular flexibility index (Phi) is 6.76. The molecule has 0 saturated heterocycles. The molecule has 0 atom stereocenters. The first-order valence-electron chi connectivity index (χ1n) is 18.0. The lowest BCUT2D eigenvalue weighted by atomic mass is 9.95. The minimum Gasteiger partial charge on any atom is -0.455 e. The highest BCUT2D eigenvalue weighted by atomic mass is 32.1. The molecule has 3 heteroatoms. The quantitative estimate of drug-likeness (QED) is 0.178. The van der Waals surface area contributed by atoms with Crippen molar-refractivity contribution >= 4 is 92.1 Å². The van der Waals surface area contributed by atoms with Gasteiger partial charge in [0.15, 0.2) is 0 Å². The van der Waals surface area contributed by atoms with Gasteiger partial charge in [0.1, 0.15) is 11.2 Å². The van der Waals surface area contributed by atoms with E-state index >= 15 is 0 Å². The summed E-state index contributed by atoms with van der Waals surface area (Å²) in [7, 11) is 0. The second-order valence-electron chi connectivity index (χ2n) is 13.6. The number of hydrogen-bond donors (Lipinski definition) is 0. The first-order valence-corrected chi connectivity index (χ1v) is 18.8. The highest BCUT2D eigenvalue weighted by molar-refractivity contribution is 7.26. The number of furan rings is 1. The summed E-state index contributed by atoms with van der Waals surface area (Å²) in [6, 6.07) is 67.9. The third kappa shape index (κ3) is 4.71. The fourth-order valence-corrected chi connectivity index (χ4v) is 9.46. The Bertz CT molecular complexity index is 3180. The average Bonchev–Trinajstić information content (AvgIpc) is 3.81. The summed E-state index contributed by atoms with van der Waals surface area (Å²) in [5.74, 6) is 0. The topological polar surface area (TPSA) is 16.4 Å². The SMILES string of the molecule is c1ccc(N(c2ccc(-c3cccc4ccccc34)cc2)c2cccc3c2sc2ccccc23)c(-c2cccc3oc4c5ccccc5ccc4c23)c1. The summed E-state index contributed by atoms with van der Waals surface area (Å²) >= 11 is 1.86. The van der Waals surface area contributed by atoms with Gasteiger partial charge in [-0.2, -0.15) is 0 Å². The maximum atomic E-state index is 6.66. The molecular weight excluding hydrogens is 663 g/mol. The van der Waals surface area contributed by atoms with Gasteiger partial charge in [-0.15, -0.1) is 11.3 Å². The number of thiophene rings is 1.